The Morgan fingerprint density at radius 3 is 2.08 bits per heavy atom. The summed E-state index contributed by atoms with van der Waals surface area (Å²) in [7, 11) is 0. The van der Waals surface area contributed by atoms with E-state index in [1.807, 2.05) is 25.3 Å². The van der Waals surface area contributed by atoms with Crippen molar-refractivity contribution in [2.24, 2.45) is 0 Å². The van der Waals surface area contributed by atoms with Crippen molar-refractivity contribution < 1.29 is 9.15 Å². The Morgan fingerprint density at radius 1 is 0.885 bits per heavy atom. The Balaban J connectivity index is 2.21. The number of ether oxygens (including phenoxy) is 1. The number of hydrogen-bond donors (Lipinski definition) is 0. The van der Waals surface area contributed by atoms with Crippen LogP contribution >= 0.6 is 0 Å². The van der Waals surface area contributed by atoms with E-state index in [-0.39, 0.29) is 10.8 Å². The lowest BCUT2D eigenvalue weighted by Gasteiger charge is -2.25. The van der Waals surface area contributed by atoms with Crippen LogP contribution in [0.2, 0.25) is 0 Å². The second-order valence-corrected chi connectivity index (χ2v) is 9.01. The van der Waals surface area contributed by atoms with Crippen LogP contribution in [0.4, 0.5) is 0 Å². The highest BCUT2D eigenvalue weighted by atomic mass is 16.5. The average Bonchev–Trinajstić information content (AvgIpc) is 2.97. The highest BCUT2D eigenvalue weighted by Crippen LogP contribution is 2.40. The predicted octanol–water partition coefficient (Wildman–Crippen LogP) is 7.09. The maximum atomic E-state index is 6.08. The average molecular weight is 351 g/mol. The molecule has 3 aromatic rings. The zero-order valence-electron chi connectivity index (χ0n) is 17.1. The molecule has 0 aliphatic carbocycles. The Kier molecular flexibility index (Phi) is 4.64. The second kappa shape index (κ2) is 6.50. The molecule has 2 heteroatoms. The van der Waals surface area contributed by atoms with Gasteiger partial charge in [0, 0.05) is 16.5 Å². The van der Waals surface area contributed by atoms with E-state index in [0.29, 0.717) is 6.61 Å². The Morgan fingerprint density at radius 2 is 1.54 bits per heavy atom. The fourth-order valence-electron chi connectivity index (χ4n) is 3.25. The summed E-state index contributed by atoms with van der Waals surface area (Å²) in [5, 5.41) is 1.19. The van der Waals surface area contributed by atoms with Crippen LogP contribution in [-0.2, 0) is 10.8 Å². The maximum Gasteiger partial charge on any atom is 0.138 e. The first-order valence-electron chi connectivity index (χ1n) is 9.40. The molecule has 3 rings (SSSR count). The molecule has 0 fully saturated rings. The van der Waals surface area contributed by atoms with E-state index in [9.17, 15) is 0 Å². The van der Waals surface area contributed by atoms with Crippen LogP contribution in [0.3, 0.4) is 0 Å². The van der Waals surface area contributed by atoms with Gasteiger partial charge in [-0.2, -0.15) is 0 Å². The molecule has 0 atom stereocenters. The molecule has 2 aromatic carbocycles. The van der Waals surface area contributed by atoms with Gasteiger partial charge in [0.25, 0.3) is 0 Å². The van der Waals surface area contributed by atoms with Gasteiger partial charge in [0.2, 0.25) is 0 Å². The van der Waals surface area contributed by atoms with Gasteiger partial charge in [-0.15, -0.1) is 0 Å². The number of fused-ring (bicyclic) bond motifs is 1. The van der Waals surface area contributed by atoms with Crippen LogP contribution in [-0.4, -0.2) is 6.61 Å². The van der Waals surface area contributed by atoms with Crippen molar-refractivity contribution in [3.05, 3.63) is 53.8 Å². The first-order valence-corrected chi connectivity index (χ1v) is 9.40. The van der Waals surface area contributed by atoms with E-state index in [1.165, 1.54) is 16.5 Å². The Labute approximate surface area is 157 Å². The van der Waals surface area contributed by atoms with Gasteiger partial charge in [-0.3, -0.25) is 0 Å². The molecule has 1 aromatic heterocycles. The molecule has 0 unspecified atom stereocenters. The fraction of sp³-hybridized carbons (Fsp3) is 0.417. The number of rotatable bonds is 3. The van der Waals surface area contributed by atoms with E-state index >= 15 is 0 Å². The highest BCUT2D eigenvalue weighted by Gasteiger charge is 2.25. The van der Waals surface area contributed by atoms with Crippen LogP contribution in [0.1, 0.15) is 59.6 Å². The molecule has 0 bridgehead atoms. The Bertz CT molecular complexity index is 900. The molecule has 0 amide bonds. The molecule has 0 saturated heterocycles. The van der Waals surface area contributed by atoms with Gasteiger partial charge in [0.1, 0.15) is 11.3 Å². The summed E-state index contributed by atoms with van der Waals surface area (Å²) in [5.41, 5.74) is 5.99. The van der Waals surface area contributed by atoms with Gasteiger partial charge in [-0.1, -0.05) is 59.7 Å². The smallest absolute Gasteiger partial charge is 0.138 e. The summed E-state index contributed by atoms with van der Waals surface area (Å²) in [6, 6.07) is 12.9. The quantitative estimate of drug-likeness (QED) is 0.503. The minimum Gasteiger partial charge on any atom is -0.494 e. The minimum absolute atomic E-state index is 0.0213. The molecule has 0 aliphatic rings. The molecule has 26 heavy (non-hydrogen) atoms. The molecule has 0 radical (unpaired) electrons. The largest absolute Gasteiger partial charge is 0.494 e. The molecule has 138 valence electrons. The van der Waals surface area contributed by atoms with E-state index < -0.39 is 0 Å². The first-order chi connectivity index (χ1) is 12.1. The molecule has 0 spiro atoms. The zero-order valence-corrected chi connectivity index (χ0v) is 17.1. The number of furan rings is 1. The minimum atomic E-state index is 0.0213. The summed E-state index contributed by atoms with van der Waals surface area (Å²) < 4.78 is 11.6. The topological polar surface area (TPSA) is 22.4 Å². The van der Waals surface area contributed by atoms with Crippen molar-refractivity contribution in [1.82, 2.24) is 0 Å². The van der Waals surface area contributed by atoms with Crippen molar-refractivity contribution in [1.29, 1.82) is 0 Å². The zero-order chi connectivity index (χ0) is 19.1. The van der Waals surface area contributed by atoms with Gasteiger partial charge in [0.15, 0.2) is 0 Å². The van der Waals surface area contributed by atoms with Crippen molar-refractivity contribution >= 4 is 11.0 Å². The second-order valence-electron chi connectivity index (χ2n) is 9.01. The third kappa shape index (κ3) is 3.51. The Hall–Kier alpha value is -2.22. The lowest BCUT2D eigenvalue weighted by atomic mass is 9.79. The summed E-state index contributed by atoms with van der Waals surface area (Å²) in [4.78, 5) is 0. The molecule has 0 saturated carbocycles. The fourth-order valence-corrected chi connectivity index (χ4v) is 3.25. The van der Waals surface area contributed by atoms with Crippen molar-refractivity contribution in [2.45, 2.75) is 59.3 Å². The summed E-state index contributed by atoms with van der Waals surface area (Å²) in [5.74, 6) is 0.898. The monoisotopic (exact) mass is 350 g/mol. The van der Waals surface area contributed by atoms with E-state index in [0.717, 1.165) is 22.5 Å². The maximum absolute atomic E-state index is 6.08. The van der Waals surface area contributed by atoms with Gasteiger partial charge in [-0.25, -0.2) is 0 Å². The molecule has 1 heterocycles. The standard InChI is InChI=1S/C24H30O2/c1-8-25-18-11-9-16(10-12-18)20-15-26-22-19(20)13-17(23(2,3)4)14-21(22)24(5,6)7/h9-15H,8H2,1-7H3. The van der Waals surface area contributed by atoms with Crippen molar-refractivity contribution in [3.8, 4) is 16.9 Å². The van der Waals surface area contributed by atoms with Gasteiger partial charge in [-0.05, 0) is 47.1 Å². The lowest BCUT2D eigenvalue weighted by Crippen LogP contribution is -2.16. The van der Waals surface area contributed by atoms with Crippen LogP contribution < -0.4 is 4.74 Å². The summed E-state index contributed by atoms with van der Waals surface area (Å²) >= 11 is 0. The van der Waals surface area contributed by atoms with Crippen LogP contribution in [0, 0.1) is 0 Å². The third-order valence-electron chi connectivity index (χ3n) is 4.82. The molecular formula is C24H30O2. The van der Waals surface area contributed by atoms with E-state index in [2.05, 4.69) is 65.8 Å². The van der Waals surface area contributed by atoms with Crippen molar-refractivity contribution in [3.63, 3.8) is 0 Å². The van der Waals surface area contributed by atoms with Crippen LogP contribution in [0.15, 0.2) is 47.1 Å². The number of benzene rings is 2. The van der Waals surface area contributed by atoms with Gasteiger partial charge < -0.3 is 9.15 Å². The van der Waals surface area contributed by atoms with E-state index in [1.54, 1.807) is 0 Å². The van der Waals surface area contributed by atoms with Gasteiger partial charge >= 0.3 is 0 Å². The van der Waals surface area contributed by atoms with Crippen LogP contribution in [0.5, 0.6) is 5.75 Å². The predicted molar refractivity (Wildman–Crippen MR) is 110 cm³/mol. The normalized spacial score (nSPS) is 12.6. The summed E-state index contributed by atoms with van der Waals surface area (Å²) in [6.07, 6.45) is 1.89. The SMILES string of the molecule is CCOc1ccc(-c2coc3c(C(C)(C)C)cc(C(C)(C)C)cc23)cc1. The summed E-state index contributed by atoms with van der Waals surface area (Å²) in [6.45, 7) is 16.2. The first kappa shape index (κ1) is 18.6. The molecule has 0 aliphatic heterocycles. The number of hydrogen-bond acceptors (Lipinski definition) is 2. The molecule has 0 N–H and O–H groups in total. The third-order valence-corrected chi connectivity index (χ3v) is 4.82. The molecular weight excluding hydrogens is 320 g/mol. The van der Waals surface area contributed by atoms with Crippen LogP contribution in [0.25, 0.3) is 22.1 Å². The van der Waals surface area contributed by atoms with Gasteiger partial charge in [0.05, 0.1) is 12.9 Å². The molecule has 2 nitrogen and oxygen atoms in total. The lowest BCUT2D eigenvalue weighted by molar-refractivity contribution is 0.340. The highest BCUT2D eigenvalue weighted by molar-refractivity contribution is 5.96. The van der Waals surface area contributed by atoms with E-state index in [4.69, 9.17) is 9.15 Å². The van der Waals surface area contributed by atoms with Crippen molar-refractivity contribution in [2.75, 3.05) is 6.61 Å².